The normalized spacial score (nSPS) is 25.7. The summed E-state index contributed by atoms with van der Waals surface area (Å²) in [6.07, 6.45) is 4.74. The van der Waals surface area contributed by atoms with Gasteiger partial charge in [0.05, 0.1) is 6.10 Å². The first-order chi connectivity index (χ1) is 7.18. The van der Waals surface area contributed by atoms with Crippen molar-refractivity contribution >= 4 is 5.91 Å². The lowest BCUT2D eigenvalue weighted by Gasteiger charge is -2.40. The Kier molecular flexibility index (Phi) is 3.26. The first-order valence-electron chi connectivity index (χ1n) is 5.93. The van der Waals surface area contributed by atoms with Gasteiger partial charge in [0, 0.05) is 25.6 Å². The Morgan fingerprint density at radius 3 is 2.80 bits per heavy atom. The molecule has 2 aliphatic rings. The van der Waals surface area contributed by atoms with E-state index in [1.165, 1.54) is 19.3 Å². The second kappa shape index (κ2) is 4.49. The number of carbonyl (C=O) groups is 1. The molecule has 0 aromatic heterocycles. The Hall–Kier alpha value is -0.610. The Morgan fingerprint density at radius 1 is 1.53 bits per heavy atom. The van der Waals surface area contributed by atoms with Crippen LogP contribution in [0.1, 0.15) is 39.0 Å². The molecule has 1 N–H and O–H groups in total. The molecular weight excluding hydrogens is 192 g/mol. The summed E-state index contributed by atoms with van der Waals surface area (Å²) in [7, 11) is 0. The molecule has 2 fully saturated rings. The van der Waals surface area contributed by atoms with Gasteiger partial charge in [-0.25, -0.2) is 5.01 Å². The van der Waals surface area contributed by atoms with Crippen molar-refractivity contribution in [1.29, 1.82) is 0 Å². The molecule has 1 aliphatic carbocycles. The van der Waals surface area contributed by atoms with Crippen molar-refractivity contribution in [2.24, 2.45) is 0 Å². The van der Waals surface area contributed by atoms with Crippen LogP contribution in [0.15, 0.2) is 0 Å². The number of rotatable bonds is 4. The van der Waals surface area contributed by atoms with E-state index in [0.29, 0.717) is 25.4 Å². The third-order valence-corrected chi connectivity index (χ3v) is 3.41. The summed E-state index contributed by atoms with van der Waals surface area (Å²) in [6, 6.07) is 0.588. The molecule has 2 rings (SSSR count). The summed E-state index contributed by atoms with van der Waals surface area (Å²) in [5.74, 6) is 0.225. The quantitative estimate of drug-likeness (QED) is 0.748. The molecule has 1 atom stereocenters. The second-order valence-electron chi connectivity index (χ2n) is 4.65. The van der Waals surface area contributed by atoms with Crippen molar-refractivity contribution in [2.45, 2.75) is 51.2 Å². The molecule has 86 valence electrons. The first-order valence-corrected chi connectivity index (χ1v) is 5.93. The summed E-state index contributed by atoms with van der Waals surface area (Å²) in [4.78, 5) is 11.6. The molecule has 1 unspecified atom stereocenters. The topological polar surface area (TPSA) is 43.8 Å². The maximum absolute atomic E-state index is 11.6. The highest BCUT2D eigenvalue weighted by Gasteiger charge is 2.36. The van der Waals surface area contributed by atoms with Gasteiger partial charge in [-0.15, -0.1) is 0 Å². The molecule has 0 spiro atoms. The van der Waals surface area contributed by atoms with Crippen molar-refractivity contribution in [2.75, 3.05) is 13.1 Å². The average Bonchev–Trinajstić information content (AvgIpc) is 2.42. The van der Waals surface area contributed by atoms with Crippen LogP contribution in [-0.2, 0) is 4.79 Å². The van der Waals surface area contributed by atoms with Crippen LogP contribution in [0.3, 0.4) is 0 Å². The molecule has 1 saturated heterocycles. The highest BCUT2D eigenvalue weighted by molar-refractivity contribution is 5.77. The zero-order valence-corrected chi connectivity index (χ0v) is 9.35. The second-order valence-corrected chi connectivity index (χ2v) is 4.65. The molecular formula is C11H20N2O2. The standard InChI is InChI=1S/C11H20N2O2/c1-9(14)5-7-13-11(15)6-8-12(13)10-3-2-4-10/h9-10,14H,2-8H2,1H3. The number of amides is 1. The van der Waals surface area contributed by atoms with E-state index in [1.807, 2.05) is 5.01 Å². The monoisotopic (exact) mass is 212 g/mol. The fourth-order valence-corrected chi connectivity index (χ4v) is 2.23. The van der Waals surface area contributed by atoms with Gasteiger partial charge >= 0.3 is 0 Å². The Labute approximate surface area is 90.8 Å². The maximum atomic E-state index is 11.6. The lowest BCUT2D eigenvalue weighted by atomic mass is 9.92. The zero-order valence-electron chi connectivity index (χ0n) is 9.35. The van der Waals surface area contributed by atoms with Gasteiger partial charge in [-0.05, 0) is 26.2 Å². The number of hydrogen-bond donors (Lipinski definition) is 1. The molecule has 4 heteroatoms. The molecule has 1 heterocycles. The Morgan fingerprint density at radius 2 is 2.27 bits per heavy atom. The van der Waals surface area contributed by atoms with Crippen LogP contribution in [0.2, 0.25) is 0 Å². The lowest BCUT2D eigenvalue weighted by molar-refractivity contribution is -0.143. The van der Waals surface area contributed by atoms with Gasteiger partial charge in [0.2, 0.25) is 5.91 Å². The summed E-state index contributed by atoms with van der Waals surface area (Å²) in [5.41, 5.74) is 0. The minimum absolute atomic E-state index is 0.225. The minimum Gasteiger partial charge on any atom is -0.393 e. The summed E-state index contributed by atoms with van der Waals surface area (Å²) < 4.78 is 0. The van der Waals surface area contributed by atoms with E-state index < -0.39 is 0 Å². The molecule has 1 aliphatic heterocycles. The van der Waals surface area contributed by atoms with Crippen molar-refractivity contribution < 1.29 is 9.90 Å². The van der Waals surface area contributed by atoms with Gasteiger partial charge in [0.15, 0.2) is 0 Å². The van der Waals surface area contributed by atoms with Crippen molar-refractivity contribution in [1.82, 2.24) is 10.0 Å². The predicted molar refractivity (Wildman–Crippen MR) is 57.0 cm³/mol. The van der Waals surface area contributed by atoms with Gasteiger partial charge in [-0.3, -0.25) is 9.80 Å². The van der Waals surface area contributed by atoms with Gasteiger partial charge in [0.1, 0.15) is 0 Å². The molecule has 0 aromatic carbocycles. The van der Waals surface area contributed by atoms with Gasteiger partial charge in [0.25, 0.3) is 0 Å². The van der Waals surface area contributed by atoms with Crippen LogP contribution in [0.25, 0.3) is 0 Å². The van der Waals surface area contributed by atoms with E-state index in [1.54, 1.807) is 6.92 Å². The van der Waals surface area contributed by atoms with Crippen molar-refractivity contribution in [3.8, 4) is 0 Å². The Bertz CT molecular complexity index is 239. The van der Waals surface area contributed by atoms with Gasteiger partial charge in [-0.1, -0.05) is 6.42 Å². The zero-order chi connectivity index (χ0) is 10.8. The summed E-state index contributed by atoms with van der Waals surface area (Å²) in [5, 5.41) is 13.3. The molecule has 0 bridgehead atoms. The van der Waals surface area contributed by atoms with Crippen LogP contribution in [0, 0.1) is 0 Å². The smallest absolute Gasteiger partial charge is 0.238 e. The Balaban J connectivity index is 1.89. The number of hydrogen-bond acceptors (Lipinski definition) is 3. The summed E-state index contributed by atoms with van der Waals surface area (Å²) >= 11 is 0. The van der Waals surface area contributed by atoms with E-state index in [2.05, 4.69) is 5.01 Å². The van der Waals surface area contributed by atoms with Crippen LogP contribution in [0.5, 0.6) is 0 Å². The highest BCUT2D eigenvalue weighted by atomic mass is 16.3. The van der Waals surface area contributed by atoms with Crippen molar-refractivity contribution in [3.63, 3.8) is 0 Å². The third kappa shape index (κ3) is 2.32. The molecule has 15 heavy (non-hydrogen) atoms. The maximum Gasteiger partial charge on any atom is 0.238 e. The van der Waals surface area contributed by atoms with Crippen molar-refractivity contribution in [3.05, 3.63) is 0 Å². The SMILES string of the molecule is CC(O)CCN1C(=O)CCN1C1CCC1. The third-order valence-electron chi connectivity index (χ3n) is 3.41. The van der Waals surface area contributed by atoms with E-state index in [0.717, 1.165) is 6.54 Å². The highest BCUT2D eigenvalue weighted by Crippen LogP contribution is 2.29. The van der Waals surface area contributed by atoms with Crippen LogP contribution < -0.4 is 0 Å². The lowest BCUT2D eigenvalue weighted by Crippen LogP contribution is -2.49. The fraction of sp³-hybridized carbons (Fsp3) is 0.909. The van der Waals surface area contributed by atoms with E-state index >= 15 is 0 Å². The summed E-state index contributed by atoms with van der Waals surface area (Å²) in [6.45, 7) is 3.32. The molecule has 4 nitrogen and oxygen atoms in total. The number of carbonyl (C=O) groups excluding carboxylic acids is 1. The van der Waals surface area contributed by atoms with Gasteiger partial charge in [-0.2, -0.15) is 0 Å². The average molecular weight is 212 g/mol. The first kappa shape index (κ1) is 10.9. The number of nitrogens with zero attached hydrogens (tertiary/aromatic N) is 2. The van der Waals surface area contributed by atoms with Crippen LogP contribution in [0.4, 0.5) is 0 Å². The number of hydrazine groups is 1. The molecule has 1 amide bonds. The number of aliphatic hydroxyl groups is 1. The van der Waals surface area contributed by atoms with Gasteiger partial charge < -0.3 is 5.11 Å². The number of aliphatic hydroxyl groups excluding tert-OH is 1. The van der Waals surface area contributed by atoms with E-state index in [4.69, 9.17) is 0 Å². The largest absolute Gasteiger partial charge is 0.393 e. The molecule has 0 radical (unpaired) electrons. The molecule has 1 saturated carbocycles. The fourth-order valence-electron chi connectivity index (χ4n) is 2.23. The minimum atomic E-state index is -0.318. The predicted octanol–water partition coefficient (Wildman–Crippen LogP) is 0.759. The van der Waals surface area contributed by atoms with E-state index in [-0.39, 0.29) is 12.0 Å². The van der Waals surface area contributed by atoms with Crippen LogP contribution >= 0.6 is 0 Å². The van der Waals surface area contributed by atoms with Crippen LogP contribution in [-0.4, -0.2) is 46.3 Å². The van der Waals surface area contributed by atoms with E-state index in [9.17, 15) is 9.90 Å². The molecule has 0 aromatic rings.